The first kappa shape index (κ1) is 15.5. The van der Waals surface area contributed by atoms with E-state index in [1.807, 2.05) is 18.2 Å². The standard InChI is InChI=1S/C18H22FNO/c1-14(12-16-6-8-18(21-2)9-7-16)20-11-10-15-4-3-5-17(19)13-15/h3-9,13-14,20H,10-12H2,1-2H3/t14-/m1/s1. The summed E-state index contributed by atoms with van der Waals surface area (Å²) in [6.07, 6.45) is 1.80. The molecule has 0 saturated heterocycles. The van der Waals surface area contributed by atoms with Crippen molar-refractivity contribution >= 4 is 0 Å². The van der Waals surface area contributed by atoms with Gasteiger partial charge >= 0.3 is 0 Å². The number of benzene rings is 2. The highest BCUT2D eigenvalue weighted by Crippen LogP contribution is 2.12. The Bertz CT molecular complexity index is 553. The Morgan fingerprint density at radius 2 is 1.86 bits per heavy atom. The molecule has 0 saturated carbocycles. The van der Waals surface area contributed by atoms with Gasteiger partial charge in [-0.2, -0.15) is 0 Å². The molecule has 1 N–H and O–H groups in total. The van der Waals surface area contributed by atoms with Crippen LogP contribution < -0.4 is 10.1 Å². The van der Waals surface area contributed by atoms with Gasteiger partial charge in [0.05, 0.1) is 7.11 Å². The number of hydrogen-bond donors (Lipinski definition) is 1. The Morgan fingerprint density at radius 3 is 2.52 bits per heavy atom. The van der Waals surface area contributed by atoms with Crippen LogP contribution in [0.2, 0.25) is 0 Å². The van der Waals surface area contributed by atoms with Crippen molar-refractivity contribution in [3.05, 3.63) is 65.5 Å². The summed E-state index contributed by atoms with van der Waals surface area (Å²) in [5.74, 6) is 0.712. The molecule has 0 aliphatic carbocycles. The van der Waals surface area contributed by atoms with Gasteiger partial charge in [-0.15, -0.1) is 0 Å². The summed E-state index contributed by atoms with van der Waals surface area (Å²) in [5.41, 5.74) is 2.31. The van der Waals surface area contributed by atoms with Gasteiger partial charge in [0.1, 0.15) is 11.6 Å². The van der Waals surface area contributed by atoms with E-state index >= 15 is 0 Å². The normalized spacial score (nSPS) is 12.1. The van der Waals surface area contributed by atoms with Crippen molar-refractivity contribution in [2.45, 2.75) is 25.8 Å². The summed E-state index contributed by atoms with van der Waals surface area (Å²) in [6.45, 7) is 3.01. The van der Waals surface area contributed by atoms with Crippen LogP contribution in [0.4, 0.5) is 4.39 Å². The molecule has 3 heteroatoms. The molecule has 112 valence electrons. The summed E-state index contributed by atoms with van der Waals surface area (Å²) in [7, 11) is 1.67. The van der Waals surface area contributed by atoms with Gasteiger partial charge in [0.25, 0.3) is 0 Å². The first-order valence-corrected chi connectivity index (χ1v) is 7.28. The van der Waals surface area contributed by atoms with Gasteiger partial charge in [-0.3, -0.25) is 0 Å². The number of hydrogen-bond acceptors (Lipinski definition) is 2. The van der Waals surface area contributed by atoms with E-state index < -0.39 is 0 Å². The van der Waals surface area contributed by atoms with Crippen LogP contribution in [0.25, 0.3) is 0 Å². The van der Waals surface area contributed by atoms with Gasteiger partial charge in [-0.25, -0.2) is 4.39 Å². The molecule has 2 aromatic rings. The molecule has 0 aliphatic heterocycles. The molecule has 0 spiro atoms. The second-order valence-corrected chi connectivity index (χ2v) is 5.29. The lowest BCUT2D eigenvalue weighted by Crippen LogP contribution is -2.29. The summed E-state index contributed by atoms with van der Waals surface area (Å²) in [5, 5.41) is 3.47. The van der Waals surface area contributed by atoms with Crippen LogP contribution in [-0.2, 0) is 12.8 Å². The van der Waals surface area contributed by atoms with Gasteiger partial charge in [0.15, 0.2) is 0 Å². The highest BCUT2D eigenvalue weighted by molar-refractivity contribution is 5.27. The molecule has 2 nitrogen and oxygen atoms in total. The Hall–Kier alpha value is -1.87. The first-order chi connectivity index (χ1) is 10.2. The van der Waals surface area contributed by atoms with Crippen LogP contribution in [0.3, 0.4) is 0 Å². The highest BCUT2D eigenvalue weighted by atomic mass is 19.1. The largest absolute Gasteiger partial charge is 0.497 e. The minimum atomic E-state index is -0.168. The first-order valence-electron chi connectivity index (χ1n) is 7.28. The molecule has 0 aliphatic rings. The number of rotatable bonds is 7. The summed E-state index contributed by atoms with van der Waals surface area (Å²) < 4.78 is 18.2. The number of ether oxygens (including phenoxy) is 1. The molecule has 0 amide bonds. The van der Waals surface area contributed by atoms with Crippen molar-refractivity contribution in [1.29, 1.82) is 0 Å². The van der Waals surface area contributed by atoms with Crippen molar-refractivity contribution < 1.29 is 9.13 Å². The van der Waals surface area contributed by atoms with Crippen LogP contribution in [0.1, 0.15) is 18.1 Å². The Balaban J connectivity index is 1.75. The van der Waals surface area contributed by atoms with Crippen LogP contribution in [0.5, 0.6) is 5.75 Å². The lowest BCUT2D eigenvalue weighted by Gasteiger charge is -2.14. The maximum Gasteiger partial charge on any atom is 0.123 e. The van der Waals surface area contributed by atoms with Gasteiger partial charge in [-0.1, -0.05) is 24.3 Å². The fourth-order valence-electron chi connectivity index (χ4n) is 2.34. The van der Waals surface area contributed by atoms with Crippen LogP contribution in [-0.4, -0.2) is 19.7 Å². The SMILES string of the molecule is COc1ccc(C[C@@H](C)NCCc2cccc(F)c2)cc1. The molecule has 0 bridgehead atoms. The van der Waals surface area contributed by atoms with Crippen LogP contribution in [0, 0.1) is 5.82 Å². The highest BCUT2D eigenvalue weighted by Gasteiger charge is 2.04. The zero-order valence-electron chi connectivity index (χ0n) is 12.6. The monoisotopic (exact) mass is 287 g/mol. The molecule has 0 fully saturated rings. The quantitative estimate of drug-likeness (QED) is 0.840. The average molecular weight is 287 g/mol. The Morgan fingerprint density at radius 1 is 1.10 bits per heavy atom. The smallest absolute Gasteiger partial charge is 0.123 e. The number of methoxy groups -OCH3 is 1. The molecular formula is C18H22FNO. The van der Waals surface area contributed by atoms with E-state index in [-0.39, 0.29) is 5.82 Å². The predicted octanol–water partition coefficient (Wildman–Crippen LogP) is 3.60. The predicted molar refractivity (Wildman–Crippen MR) is 84.3 cm³/mol. The zero-order valence-corrected chi connectivity index (χ0v) is 12.6. The van der Waals surface area contributed by atoms with E-state index in [2.05, 4.69) is 24.4 Å². The summed E-state index contributed by atoms with van der Waals surface area (Å²) in [4.78, 5) is 0. The Kier molecular flexibility index (Phi) is 5.76. The fraction of sp³-hybridized carbons (Fsp3) is 0.333. The third-order valence-corrected chi connectivity index (χ3v) is 3.50. The van der Waals surface area contributed by atoms with Crippen molar-refractivity contribution in [2.24, 2.45) is 0 Å². The van der Waals surface area contributed by atoms with Crippen LogP contribution in [0.15, 0.2) is 48.5 Å². The van der Waals surface area contributed by atoms with Crippen molar-refractivity contribution in [3.8, 4) is 5.75 Å². The van der Waals surface area contributed by atoms with E-state index in [0.717, 1.165) is 30.7 Å². The molecule has 1 atom stereocenters. The van der Waals surface area contributed by atoms with Gasteiger partial charge < -0.3 is 10.1 Å². The summed E-state index contributed by atoms with van der Waals surface area (Å²) in [6, 6.07) is 15.3. The fourth-order valence-corrected chi connectivity index (χ4v) is 2.34. The number of halogens is 1. The summed E-state index contributed by atoms with van der Waals surface area (Å²) >= 11 is 0. The molecule has 0 aromatic heterocycles. The third-order valence-electron chi connectivity index (χ3n) is 3.50. The lowest BCUT2D eigenvalue weighted by molar-refractivity contribution is 0.414. The topological polar surface area (TPSA) is 21.3 Å². The minimum Gasteiger partial charge on any atom is -0.497 e. The van der Waals surface area contributed by atoms with Gasteiger partial charge in [0.2, 0.25) is 0 Å². The van der Waals surface area contributed by atoms with Crippen molar-refractivity contribution in [1.82, 2.24) is 5.32 Å². The van der Waals surface area contributed by atoms with E-state index in [1.165, 1.54) is 11.6 Å². The zero-order chi connectivity index (χ0) is 15.1. The van der Waals surface area contributed by atoms with E-state index in [0.29, 0.717) is 6.04 Å². The average Bonchev–Trinajstić information content (AvgIpc) is 2.48. The van der Waals surface area contributed by atoms with E-state index in [9.17, 15) is 4.39 Å². The van der Waals surface area contributed by atoms with Gasteiger partial charge in [-0.05, 0) is 61.7 Å². The second kappa shape index (κ2) is 7.79. The lowest BCUT2D eigenvalue weighted by atomic mass is 10.1. The van der Waals surface area contributed by atoms with Gasteiger partial charge in [0, 0.05) is 6.04 Å². The molecule has 2 rings (SSSR count). The Labute approximate surface area is 126 Å². The molecule has 0 heterocycles. The molecule has 21 heavy (non-hydrogen) atoms. The maximum absolute atomic E-state index is 13.1. The molecule has 0 unspecified atom stereocenters. The van der Waals surface area contributed by atoms with Crippen molar-refractivity contribution in [2.75, 3.05) is 13.7 Å². The number of nitrogens with one attached hydrogen (secondary N) is 1. The van der Waals surface area contributed by atoms with Crippen LogP contribution >= 0.6 is 0 Å². The molecule has 0 radical (unpaired) electrons. The van der Waals surface area contributed by atoms with E-state index in [1.54, 1.807) is 19.2 Å². The third kappa shape index (κ3) is 5.20. The molecular weight excluding hydrogens is 265 g/mol. The maximum atomic E-state index is 13.1. The minimum absolute atomic E-state index is 0.168. The molecule has 2 aromatic carbocycles. The van der Waals surface area contributed by atoms with E-state index in [4.69, 9.17) is 4.74 Å². The second-order valence-electron chi connectivity index (χ2n) is 5.29. The van der Waals surface area contributed by atoms with Crippen molar-refractivity contribution in [3.63, 3.8) is 0 Å².